The molecule has 0 bridgehead atoms. The van der Waals surface area contributed by atoms with E-state index in [0.717, 1.165) is 12.6 Å². The maximum Gasteiger partial charge on any atom is 0.0972 e. The summed E-state index contributed by atoms with van der Waals surface area (Å²) in [5.41, 5.74) is 6.66. The molecule has 0 aromatic heterocycles. The van der Waals surface area contributed by atoms with Crippen LogP contribution in [-0.2, 0) is 0 Å². The minimum absolute atomic E-state index is 0. The molecule has 0 radical (unpaired) electrons. The van der Waals surface area contributed by atoms with Crippen LogP contribution in [0.5, 0.6) is 0 Å². The highest BCUT2D eigenvalue weighted by Gasteiger charge is 1.94. The molecule has 0 aliphatic carbocycles. The summed E-state index contributed by atoms with van der Waals surface area (Å²) in [7, 11) is 1.62. The van der Waals surface area contributed by atoms with Crippen LogP contribution in [0.1, 0.15) is 14.8 Å². The molecule has 58 valence electrons. The second kappa shape index (κ2) is 4.73. The molecule has 0 aliphatic rings. The van der Waals surface area contributed by atoms with Crippen molar-refractivity contribution in [3.05, 3.63) is 11.8 Å². The maximum absolute atomic E-state index is 6.89. The zero-order valence-electron chi connectivity index (χ0n) is 6.39. The molecule has 0 unspecified atom stereocenters. The topological polar surface area (TPSA) is 62.2 Å². The summed E-state index contributed by atoms with van der Waals surface area (Å²) in [6.45, 7) is 1.99. The Morgan fingerprint density at radius 1 is 1.80 bits per heavy atom. The fraction of sp³-hybridized carbons (Fsp3) is 0.429. The Labute approximate surface area is 62.6 Å². The van der Waals surface area contributed by atoms with Crippen molar-refractivity contribution in [2.24, 2.45) is 10.7 Å². The minimum atomic E-state index is 0. The van der Waals surface area contributed by atoms with Gasteiger partial charge in [-0.25, -0.2) is 0 Å². The number of hydrogen-bond donors (Lipinski definition) is 2. The van der Waals surface area contributed by atoms with Crippen LogP contribution < -0.4 is 5.73 Å². The standard InChI is InChI=1S/C7H13N3.H2/c1-3-4-6(9)7(5-8)10-2;/h4-5,8H,3,9H2,1-2H3;1H/b6-4+,8-5?,10-7?;. The first kappa shape index (κ1) is 8.88. The highest BCUT2D eigenvalue weighted by Crippen LogP contribution is 1.89. The highest BCUT2D eigenvalue weighted by molar-refractivity contribution is 6.36. The minimum Gasteiger partial charge on any atom is -0.397 e. The molecule has 10 heavy (non-hydrogen) atoms. The van der Waals surface area contributed by atoms with Gasteiger partial charge in [-0.2, -0.15) is 0 Å². The van der Waals surface area contributed by atoms with Gasteiger partial charge in [0.2, 0.25) is 0 Å². The second-order valence-corrected chi connectivity index (χ2v) is 1.82. The Morgan fingerprint density at radius 3 is 2.70 bits per heavy atom. The van der Waals surface area contributed by atoms with Crippen LogP contribution in [0, 0.1) is 5.41 Å². The van der Waals surface area contributed by atoms with Gasteiger partial charge in [0, 0.05) is 14.7 Å². The molecule has 0 saturated carbocycles. The lowest BCUT2D eigenvalue weighted by atomic mass is 10.2. The van der Waals surface area contributed by atoms with Gasteiger partial charge in [0.05, 0.1) is 11.4 Å². The van der Waals surface area contributed by atoms with Gasteiger partial charge in [0.15, 0.2) is 0 Å². The smallest absolute Gasteiger partial charge is 0.0972 e. The number of allylic oxidation sites excluding steroid dienone is 2. The normalized spacial score (nSPS) is 13.4. The van der Waals surface area contributed by atoms with E-state index < -0.39 is 0 Å². The summed E-state index contributed by atoms with van der Waals surface area (Å²) >= 11 is 0. The van der Waals surface area contributed by atoms with Gasteiger partial charge in [0.25, 0.3) is 0 Å². The Hall–Kier alpha value is -1.12. The predicted molar refractivity (Wildman–Crippen MR) is 46.8 cm³/mol. The van der Waals surface area contributed by atoms with Gasteiger partial charge in [-0.1, -0.05) is 13.0 Å². The van der Waals surface area contributed by atoms with Crippen LogP contribution in [0.2, 0.25) is 0 Å². The van der Waals surface area contributed by atoms with Crippen molar-refractivity contribution in [2.75, 3.05) is 7.05 Å². The van der Waals surface area contributed by atoms with E-state index in [-0.39, 0.29) is 1.43 Å². The SMILES string of the molecule is CC/C=C(/N)C(C=N)=NC.[HH]. The third kappa shape index (κ3) is 2.44. The van der Waals surface area contributed by atoms with Gasteiger partial charge < -0.3 is 11.1 Å². The molecular formula is C7H15N3. The van der Waals surface area contributed by atoms with Gasteiger partial charge in [-0.3, -0.25) is 4.99 Å². The number of aliphatic imine (C=N–C) groups is 1. The van der Waals surface area contributed by atoms with Crippen LogP contribution in [0.3, 0.4) is 0 Å². The fourth-order valence-corrected chi connectivity index (χ4v) is 0.601. The molecule has 0 heterocycles. The molecular weight excluding hydrogens is 126 g/mol. The largest absolute Gasteiger partial charge is 0.397 e. The van der Waals surface area contributed by atoms with Crippen molar-refractivity contribution in [2.45, 2.75) is 13.3 Å². The Morgan fingerprint density at radius 2 is 2.40 bits per heavy atom. The van der Waals surface area contributed by atoms with Crippen molar-refractivity contribution >= 4 is 11.9 Å². The molecule has 0 spiro atoms. The van der Waals surface area contributed by atoms with E-state index in [9.17, 15) is 0 Å². The molecule has 0 saturated heterocycles. The van der Waals surface area contributed by atoms with Crippen molar-refractivity contribution in [3.8, 4) is 0 Å². The molecule has 3 nitrogen and oxygen atoms in total. The summed E-state index contributed by atoms with van der Waals surface area (Å²) in [4.78, 5) is 3.81. The summed E-state index contributed by atoms with van der Waals surface area (Å²) < 4.78 is 0. The van der Waals surface area contributed by atoms with Crippen LogP contribution in [0.4, 0.5) is 0 Å². The van der Waals surface area contributed by atoms with E-state index in [1.165, 1.54) is 0 Å². The van der Waals surface area contributed by atoms with Crippen LogP contribution in [0.25, 0.3) is 0 Å². The molecule has 3 heteroatoms. The molecule has 0 rings (SSSR count). The molecule has 0 fully saturated rings. The lowest BCUT2D eigenvalue weighted by molar-refractivity contribution is 1.19. The molecule has 0 aliphatic heterocycles. The lowest BCUT2D eigenvalue weighted by Gasteiger charge is -1.96. The summed E-state index contributed by atoms with van der Waals surface area (Å²) in [5.74, 6) is 0. The first-order valence-corrected chi connectivity index (χ1v) is 3.19. The Balaban J connectivity index is 0. The van der Waals surface area contributed by atoms with Crippen molar-refractivity contribution in [1.82, 2.24) is 0 Å². The molecule has 0 aromatic carbocycles. The first-order chi connectivity index (χ1) is 4.76. The van der Waals surface area contributed by atoms with E-state index >= 15 is 0 Å². The first-order valence-electron chi connectivity index (χ1n) is 3.19. The van der Waals surface area contributed by atoms with Gasteiger partial charge in [0.1, 0.15) is 0 Å². The number of nitrogens with one attached hydrogen (secondary N) is 1. The van der Waals surface area contributed by atoms with E-state index in [2.05, 4.69) is 4.99 Å². The average Bonchev–Trinajstić information content (AvgIpc) is 1.91. The third-order valence-corrected chi connectivity index (χ3v) is 1.10. The Bertz CT molecular complexity index is 173. The second-order valence-electron chi connectivity index (χ2n) is 1.82. The molecule has 0 amide bonds. The number of nitrogens with zero attached hydrogens (tertiary/aromatic N) is 1. The average molecular weight is 141 g/mol. The Kier molecular flexibility index (Phi) is 4.20. The summed E-state index contributed by atoms with van der Waals surface area (Å²) in [6, 6.07) is 0. The zero-order valence-corrected chi connectivity index (χ0v) is 6.39. The summed E-state index contributed by atoms with van der Waals surface area (Å²) in [5, 5.41) is 6.89. The van der Waals surface area contributed by atoms with E-state index in [4.69, 9.17) is 11.1 Å². The summed E-state index contributed by atoms with van der Waals surface area (Å²) in [6.07, 6.45) is 3.87. The molecule has 0 aromatic rings. The van der Waals surface area contributed by atoms with Gasteiger partial charge >= 0.3 is 0 Å². The van der Waals surface area contributed by atoms with E-state index in [0.29, 0.717) is 11.4 Å². The predicted octanol–water partition coefficient (Wildman–Crippen LogP) is 1.21. The highest BCUT2D eigenvalue weighted by atomic mass is 14.7. The fourth-order valence-electron chi connectivity index (χ4n) is 0.601. The van der Waals surface area contributed by atoms with E-state index in [1.807, 2.05) is 13.0 Å². The van der Waals surface area contributed by atoms with Crippen LogP contribution >= 0.6 is 0 Å². The maximum atomic E-state index is 6.89. The lowest BCUT2D eigenvalue weighted by Crippen LogP contribution is -2.11. The number of hydrogen-bond acceptors (Lipinski definition) is 3. The monoisotopic (exact) mass is 141 g/mol. The van der Waals surface area contributed by atoms with Crippen LogP contribution in [-0.4, -0.2) is 19.0 Å². The molecule has 3 N–H and O–H groups in total. The van der Waals surface area contributed by atoms with Gasteiger partial charge in [-0.05, 0) is 6.42 Å². The molecule has 0 atom stereocenters. The number of rotatable bonds is 3. The van der Waals surface area contributed by atoms with Crippen molar-refractivity contribution < 1.29 is 1.43 Å². The zero-order chi connectivity index (χ0) is 7.98. The van der Waals surface area contributed by atoms with Crippen molar-refractivity contribution in [1.29, 1.82) is 5.41 Å². The van der Waals surface area contributed by atoms with E-state index in [1.54, 1.807) is 7.05 Å². The van der Waals surface area contributed by atoms with Crippen molar-refractivity contribution in [3.63, 3.8) is 0 Å². The van der Waals surface area contributed by atoms with Crippen LogP contribution in [0.15, 0.2) is 16.8 Å². The quantitative estimate of drug-likeness (QED) is 0.570. The van der Waals surface area contributed by atoms with Gasteiger partial charge in [-0.15, -0.1) is 0 Å². The third-order valence-electron chi connectivity index (χ3n) is 1.10. The number of nitrogens with two attached hydrogens (primary N) is 1.